The van der Waals surface area contributed by atoms with Crippen molar-refractivity contribution in [3.8, 4) is 0 Å². The SMILES string of the molecule is Cc1cccc(Nc2nnc(S[C@@H](C)C(=O)N3CCCCC3)s2)c1. The third-order valence-electron chi connectivity index (χ3n) is 3.97. The molecule has 7 heteroatoms. The molecule has 1 aliphatic heterocycles. The van der Waals surface area contributed by atoms with E-state index >= 15 is 0 Å². The lowest BCUT2D eigenvalue weighted by Gasteiger charge is -2.28. The van der Waals surface area contributed by atoms with Crippen molar-refractivity contribution in [3.63, 3.8) is 0 Å². The van der Waals surface area contributed by atoms with E-state index < -0.39 is 0 Å². The third-order valence-corrected chi connectivity index (χ3v) is 5.98. The summed E-state index contributed by atoms with van der Waals surface area (Å²) < 4.78 is 0.822. The van der Waals surface area contributed by atoms with Gasteiger partial charge in [-0.05, 0) is 50.8 Å². The maximum atomic E-state index is 12.5. The zero-order valence-electron chi connectivity index (χ0n) is 14.0. The summed E-state index contributed by atoms with van der Waals surface area (Å²) in [6.07, 6.45) is 3.47. The highest BCUT2D eigenvalue weighted by Crippen LogP contribution is 2.31. The number of amides is 1. The highest BCUT2D eigenvalue weighted by molar-refractivity contribution is 8.02. The number of likely N-dealkylation sites (tertiary alicyclic amines) is 1. The number of hydrogen-bond acceptors (Lipinski definition) is 6. The Bertz CT molecular complexity index is 697. The first-order valence-electron chi connectivity index (χ1n) is 8.24. The molecule has 1 N–H and O–H groups in total. The molecule has 2 heterocycles. The molecular weight excluding hydrogens is 340 g/mol. The predicted molar refractivity (Wildman–Crippen MR) is 100 cm³/mol. The van der Waals surface area contributed by atoms with E-state index in [2.05, 4.69) is 34.6 Å². The summed E-state index contributed by atoms with van der Waals surface area (Å²) in [4.78, 5) is 14.5. The van der Waals surface area contributed by atoms with Gasteiger partial charge in [0, 0.05) is 18.8 Å². The van der Waals surface area contributed by atoms with Crippen LogP contribution in [0.15, 0.2) is 28.6 Å². The zero-order valence-corrected chi connectivity index (χ0v) is 15.6. The molecule has 2 aromatic rings. The van der Waals surface area contributed by atoms with Crippen molar-refractivity contribution in [2.45, 2.75) is 42.7 Å². The fourth-order valence-corrected chi connectivity index (χ4v) is 4.73. The summed E-state index contributed by atoms with van der Waals surface area (Å²) in [6.45, 7) is 5.79. The molecule has 1 atom stereocenters. The van der Waals surface area contributed by atoms with Crippen molar-refractivity contribution in [3.05, 3.63) is 29.8 Å². The van der Waals surface area contributed by atoms with Crippen molar-refractivity contribution in [2.75, 3.05) is 18.4 Å². The molecule has 1 aromatic carbocycles. The van der Waals surface area contributed by atoms with E-state index in [-0.39, 0.29) is 11.2 Å². The molecule has 1 aliphatic rings. The zero-order chi connectivity index (χ0) is 16.9. The van der Waals surface area contributed by atoms with Gasteiger partial charge in [0.05, 0.1) is 5.25 Å². The molecule has 0 spiro atoms. The molecule has 24 heavy (non-hydrogen) atoms. The highest BCUT2D eigenvalue weighted by atomic mass is 32.2. The van der Waals surface area contributed by atoms with Crippen LogP contribution in [0, 0.1) is 6.92 Å². The van der Waals surface area contributed by atoms with Gasteiger partial charge < -0.3 is 10.2 Å². The number of nitrogens with zero attached hydrogens (tertiary/aromatic N) is 3. The van der Waals surface area contributed by atoms with Crippen molar-refractivity contribution in [1.29, 1.82) is 0 Å². The van der Waals surface area contributed by atoms with Crippen molar-refractivity contribution >= 4 is 39.8 Å². The number of aromatic nitrogens is 2. The number of rotatable bonds is 5. The number of aryl methyl sites for hydroxylation is 1. The number of carbonyl (C=O) groups is 1. The monoisotopic (exact) mass is 362 g/mol. The molecular formula is C17H22N4OS2. The number of piperidine rings is 1. The molecule has 3 rings (SSSR count). The second-order valence-corrected chi connectivity index (χ2v) is 8.58. The smallest absolute Gasteiger partial charge is 0.235 e. The lowest BCUT2D eigenvalue weighted by Crippen LogP contribution is -2.40. The van der Waals surface area contributed by atoms with Gasteiger partial charge in [0.25, 0.3) is 0 Å². The fraction of sp³-hybridized carbons (Fsp3) is 0.471. The van der Waals surface area contributed by atoms with Crippen LogP contribution in [0.1, 0.15) is 31.7 Å². The van der Waals surface area contributed by atoms with Gasteiger partial charge in [-0.15, -0.1) is 10.2 Å². The Kier molecular flexibility index (Phi) is 5.73. The second-order valence-electron chi connectivity index (χ2n) is 6.01. The highest BCUT2D eigenvalue weighted by Gasteiger charge is 2.24. The van der Waals surface area contributed by atoms with Crippen LogP contribution in [0.2, 0.25) is 0 Å². The van der Waals surface area contributed by atoms with E-state index in [1.54, 1.807) is 0 Å². The van der Waals surface area contributed by atoms with Crippen LogP contribution in [0.25, 0.3) is 0 Å². The molecule has 5 nitrogen and oxygen atoms in total. The number of anilines is 2. The van der Waals surface area contributed by atoms with Crippen LogP contribution in [0.4, 0.5) is 10.8 Å². The second kappa shape index (κ2) is 7.98. The minimum absolute atomic E-state index is 0.122. The van der Waals surface area contributed by atoms with Gasteiger partial charge in [-0.2, -0.15) is 0 Å². The maximum absolute atomic E-state index is 12.5. The average Bonchev–Trinajstić information content (AvgIpc) is 3.02. The predicted octanol–water partition coefficient (Wildman–Crippen LogP) is 4.08. The topological polar surface area (TPSA) is 58.1 Å². The third kappa shape index (κ3) is 4.48. The number of hydrogen-bond donors (Lipinski definition) is 1. The molecule has 0 saturated carbocycles. The molecule has 128 valence electrons. The minimum Gasteiger partial charge on any atom is -0.342 e. The Labute approximate surface area is 150 Å². The fourth-order valence-electron chi connectivity index (χ4n) is 2.73. The van der Waals surface area contributed by atoms with Gasteiger partial charge in [0.2, 0.25) is 11.0 Å². The Morgan fingerprint density at radius 2 is 2.08 bits per heavy atom. The lowest BCUT2D eigenvalue weighted by molar-refractivity contribution is -0.131. The average molecular weight is 363 g/mol. The van der Waals surface area contributed by atoms with Crippen LogP contribution in [-0.2, 0) is 4.79 Å². The van der Waals surface area contributed by atoms with Crippen LogP contribution >= 0.6 is 23.1 Å². The van der Waals surface area contributed by atoms with Gasteiger partial charge >= 0.3 is 0 Å². The van der Waals surface area contributed by atoms with E-state index in [0.717, 1.165) is 41.1 Å². The Balaban J connectivity index is 1.58. The van der Waals surface area contributed by atoms with Crippen LogP contribution in [0.5, 0.6) is 0 Å². The van der Waals surface area contributed by atoms with E-state index in [4.69, 9.17) is 0 Å². The molecule has 0 radical (unpaired) electrons. The molecule has 1 fully saturated rings. The van der Waals surface area contributed by atoms with Crippen LogP contribution in [-0.4, -0.2) is 39.3 Å². The standard InChI is InChI=1S/C17H22N4OS2/c1-12-7-6-8-14(11-12)18-16-19-20-17(24-16)23-13(2)15(22)21-9-4-3-5-10-21/h6-8,11,13H,3-5,9-10H2,1-2H3,(H,18,19)/t13-/m0/s1. The number of thioether (sulfide) groups is 1. The Hall–Kier alpha value is -1.60. The van der Waals surface area contributed by atoms with E-state index in [1.807, 2.05) is 24.0 Å². The first kappa shape index (κ1) is 17.2. The summed E-state index contributed by atoms with van der Waals surface area (Å²) in [7, 11) is 0. The first-order valence-corrected chi connectivity index (χ1v) is 9.94. The largest absolute Gasteiger partial charge is 0.342 e. The van der Waals surface area contributed by atoms with E-state index in [1.165, 1.54) is 35.1 Å². The molecule has 0 bridgehead atoms. The van der Waals surface area contributed by atoms with E-state index in [9.17, 15) is 4.79 Å². The maximum Gasteiger partial charge on any atom is 0.235 e. The van der Waals surface area contributed by atoms with Gasteiger partial charge in [-0.1, -0.05) is 35.2 Å². The molecule has 1 aromatic heterocycles. The summed E-state index contributed by atoms with van der Waals surface area (Å²) in [5.41, 5.74) is 2.19. The van der Waals surface area contributed by atoms with Gasteiger partial charge in [0.1, 0.15) is 0 Å². The summed E-state index contributed by atoms with van der Waals surface area (Å²) in [5.74, 6) is 0.211. The normalized spacial score (nSPS) is 16.0. The molecule has 1 saturated heterocycles. The molecule has 0 aliphatic carbocycles. The Morgan fingerprint density at radius 3 is 2.83 bits per heavy atom. The summed E-state index contributed by atoms with van der Waals surface area (Å²) in [6, 6.07) is 8.13. The number of carbonyl (C=O) groups excluding carboxylic acids is 1. The number of benzene rings is 1. The van der Waals surface area contributed by atoms with Crippen molar-refractivity contribution < 1.29 is 4.79 Å². The summed E-state index contributed by atoms with van der Waals surface area (Å²) >= 11 is 2.98. The van der Waals surface area contributed by atoms with Crippen molar-refractivity contribution in [2.24, 2.45) is 0 Å². The quantitative estimate of drug-likeness (QED) is 0.812. The van der Waals surface area contributed by atoms with Crippen LogP contribution < -0.4 is 5.32 Å². The molecule has 1 amide bonds. The van der Waals surface area contributed by atoms with Crippen LogP contribution in [0.3, 0.4) is 0 Å². The first-order chi connectivity index (χ1) is 11.6. The van der Waals surface area contributed by atoms with Gasteiger partial charge in [-0.3, -0.25) is 4.79 Å². The van der Waals surface area contributed by atoms with Gasteiger partial charge in [-0.25, -0.2) is 0 Å². The summed E-state index contributed by atoms with van der Waals surface area (Å²) in [5, 5.41) is 12.3. The Morgan fingerprint density at radius 1 is 1.29 bits per heavy atom. The number of nitrogens with one attached hydrogen (secondary N) is 1. The van der Waals surface area contributed by atoms with E-state index in [0.29, 0.717) is 0 Å². The minimum atomic E-state index is -0.122. The lowest BCUT2D eigenvalue weighted by atomic mass is 10.1. The van der Waals surface area contributed by atoms with Crippen molar-refractivity contribution in [1.82, 2.24) is 15.1 Å². The molecule has 0 unspecified atom stereocenters. The van der Waals surface area contributed by atoms with Gasteiger partial charge in [0.15, 0.2) is 4.34 Å².